The maximum Gasteiger partial charge on any atom is 0.270 e. The van der Waals surface area contributed by atoms with E-state index in [-0.39, 0.29) is 12.0 Å². The molecule has 3 rings (SSSR count). The topological polar surface area (TPSA) is 54.5 Å². The van der Waals surface area contributed by atoms with Gasteiger partial charge in [-0.2, -0.15) is 11.3 Å². The van der Waals surface area contributed by atoms with Gasteiger partial charge in [-0.15, -0.1) is 11.3 Å². The fourth-order valence-corrected chi connectivity index (χ4v) is 4.29. The number of carbonyl (C=O) groups excluding carboxylic acids is 1. The summed E-state index contributed by atoms with van der Waals surface area (Å²) >= 11 is 3.13. The average molecular weight is 366 g/mol. The molecule has 130 valence electrons. The van der Waals surface area contributed by atoms with E-state index in [1.807, 2.05) is 22.2 Å². The second-order valence-corrected chi connectivity index (χ2v) is 8.04. The van der Waals surface area contributed by atoms with E-state index >= 15 is 0 Å². The standard InChI is InChI=1S/C17H23N3O2S2/c1-12(2)8-20-4-5-22-14(9-20)7-18-16(21)15-11-24-17(19-15)13-3-6-23-10-13/h3,6,10-12,14H,4-5,7-9H2,1-2H3,(H,18,21). The molecule has 1 aliphatic heterocycles. The number of amides is 1. The van der Waals surface area contributed by atoms with Crippen molar-refractivity contribution in [3.63, 3.8) is 0 Å². The molecule has 0 aliphatic carbocycles. The van der Waals surface area contributed by atoms with E-state index in [0.29, 0.717) is 18.2 Å². The van der Waals surface area contributed by atoms with Crippen molar-refractivity contribution in [1.29, 1.82) is 0 Å². The SMILES string of the molecule is CC(C)CN1CCOC(CNC(=O)c2csc(-c3ccsc3)n2)C1. The number of hydrogen-bond acceptors (Lipinski definition) is 6. The number of thiophene rings is 1. The molecule has 2 aromatic rings. The molecule has 1 N–H and O–H groups in total. The van der Waals surface area contributed by atoms with Gasteiger partial charge in [0.05, 0.1) is 12.7 Å². The van der Waals surface area contributed by atoms with E-state index in [1.54, 1.807) is 11.3 Å². The third-order valence-electron chi connectivity index (χ3n) is 3.84. The first-order valence-electron chi connectivity index (χ1n) is 8.22. The molecule has 0 radical (unpaired) electrons. The van der Waals surface area contributed by atoms with Crippen LogP contribution in [-0.4, -0.2) is 54.7 Å². The lowest BCUT2D eigenvalue weighted by Crippen LogP contribution is -2.48. The van der Waals surface area contributed by atoms with Crippen LogP contribution < -0.4 is 5.32 Å². The lowest BCUT2D eigenvalue weighted by Gasteiger charge is -2.33. The summed E-state index contributed by atoms with van der Waals surface area (Å²) < 4.78 is 5.77. The highest BCUT2D eigenvalue weighted by Gasteiger charge is 2.22. The number of ether oxygens (including phenoxy) is 1. The molecule has 1 aliphatic rings. The Morgan fingerprint density at radius 1 is 1.50 bits per heavy atom. The van der Waals surface area contributed by atoms with Gasteiger partial charge in [0.2, 0.25) is 0 Å². The Hall–Kier alpha value is -1.28. The van der Waals surface area contributed by atoms with E-state index in [2.05, 4.69) is 29.0 Å². The van der Waals surface area contributed by atoms with Crippen molar-refractivity contribution in [3.8, 4) is 10.6 Å². The molecule has 5 nitrogen and oxygen atoms in total. The summed E-state index contributed by atoms with van der Waals surface area (Å²) in [6.45, 7) is 8.61. The Kier molecular flexibility index (Phi) is 5.99. The van der Waals surface area contributed by atoms with E-state index in [4.69, 9.17) is 4.74 Å². The van der Waals surface area contributed by atoms with Crippen LogP contribution in [0.4, 0.5) is 0 Å². The van der Waals surface area contributed by atoms with E-state index in [0.717, 1.165) is 36.8 Å². The zero-order valence-electron chi connectivity index (χ0n) is 14.0. The van der Waals surface area contributed by atoms with Crippen LogP contribution in [0.2, 0.25) is 0 Å². The Bertz CT molecular complexity index is 655. The van der Waals surface area contributed by atoms with Crippen molar-refractivity contribution < 1.29 is 9.53 Å². The normalized spacial score (nSPS) is 18.9. The minimum atomic E-state index is -0.127. The van der Waals surface area contributed by atoms with Gasteiger partial charge in [-0.25, -0.2) is 4.98 Å². The maximum absolute atomic E-state index is 12.3. The third kappa shape index (κ3) is 4.63. The molecule has 1 fully saturated rings. The van der Waals surface area contributed by atoms with Crippen LogP contribution in [0.1, 0.15) is 24.3 Å². The van der Waals surface area contributed by atoms with Gasteiger partial charge >= 0.3 is 0 Å². The lowest BCUT2D eigenvalue weighted by molar-refractivity contribution is -0.0295. The molecule has 1 atom stereocenters. The van der Waals surface area contributed by atoms with Crippen LogP contribution in [0.25, 0.3) is 10.6 Å². The predicted molar refractivity (Wildman–Crippen MR) is 98.8 cm³/mol. The summed E-state index contributed by atoms with van der Waals surface area (Å²) in [4.78, 5) is 19.1. The third-order valence-corrected chi connectivity index (χ3v) is 5.42. The highest BCUT2D eigenvalue weighted by Crippen LogP contribution is 2.25. The number of morpholine rings is 1. The molecule has 0 bridgehead atoms. The quantitative estimate of drug-likeness (QED) is 0.855. The van der Waals surface area contributed by atoms with Gasteiger partial charge in [0.1, 0.15) is 10.7 Å². The van der Waals surface area contributed by atoms with Crippen molar-refractivity contribution >= 4 is 28.6 Å². The summed E-state index contributed by atoms with van der Waals surface area (Å²) in [5.74, 6) is 0.515. The van der Waals surface area contributed by atoms with Gasteiger partial charge in [-0.1, -0.05) is 13.8 Å². The molecule has 0 spiro atoms. The van der Waals surface area contributed by atoms with Crippen LogP contribution in [0.15, 0.2) is 22.2 Å². The Labute approximate surface area is 150 Å². The molecular formula is C17H23N3O2S2. The maximum atomic E-state index is 12.3. The van der Waals surface area contributed by atoms with Gasteiger partial charge in [0.15, 0.2) is 0 Å². The number of carbonyl (C=O) groups is 1. The first-order chi connectivity index (χ1) is 11.6. The van der Waals surface area contributed by atoms with Gasteiger partial charge in [0, 0.05) is 42.5 Å². The fraction of sp³-hybridized carbons (Fsp3) is 0.529. The van der Waals surface area contributed by atoms with Gasteiger partial charge in [0.25, 0.3) is 5.91 Å². The summed E-state index contributed by atoms with van der Waals surface area (Å²) in [6, 6.07) is 2.02. The van der Waals surface area contributed by atoms with E-state index < -0.39 is 0 Å². The van der Waals surface area contributed by atoms with Gasteiger partial charge in [-0.3, -0.25) is 9.69 Å². The Morgan fingerprint density at radius 3 is 3.12 bits per heavy atom. The second-order valence-electron chi connectivity index (χ2n) is 6.41. The van der Waals surface area contributed by atoms with E-state index in [1.165, 1.54) is 11.3 Å². The molecule has 1 unspecified atom stereocenters. The molecule has 0 saturated carbocycles. The monoisotopic (exact) mass is 365 g/mol. The van der Waals surface area contributed by atoms with Crippen LogP contribution in [-0.2, 0) is 4.74 Å². The smallest absolute Gasteiger partial charge is 0.270 e. The highest BCUT2D eigenvalue weighted by atomic mass is 32.1. The minimum absolute atomic E-state index is 0.0522. The zero-order chi connectivity index (χ0) is 16.9. The van der Waals surface area contributed by atoms with Gasteiger partial charge < -0.3 is 10.1 Å². The number of nitrogens with zero attached hydrogens (tertiary/aromatic N) is 2. The largest absolute Gasteiger partial charge is 0.374 e. The number of rotatable bonds is 6. The number of hydrogen-bond donors (Lipinski definition) is 1. The summed E-state index contributed by atoms with van der Waals surface area (Å²) in [6.07, 6.45) is 0.0522. The van der Waals surface area contributed by atoms with Crippen LogP contribution in [0, 0.1) is 5.92 Å². The van der Waals surface area contributed by atoms with Crippen molar-refractivity contribution in [2.24, 2.45) is 5.92 Å². The van der Waals surface area contributed by atoms with Crippen molar-refractivity contribution in [2.75, 3.05) is 32.8 Å². The Balaban J connectivity index is 1.50. The van der Waals surface area contributed by atoms with Crippen LogP contribution in [0.5, 0.6) is 0 Å². The summed E-state index contributed by atoms with van der Waals surface area (Å²) in [5, 5.41) is 9.71. The molecule has 0 aromatic carbocycles. The molecule has 24 heavy (non-hydrogen) atoms. The number of thiazole rings is 1. The molecule has 7 heteroatoms. The first-order valence-corrected chi connectivity index (χ1v) is 10.0. The minimum Gasteiger partial charge on any atom is -0.374 e. The lowest BCUT2D eigenvalue weighted by atomic mass is 10.2. The first kappa shape index (κ1) is 17.5. The van der Waals surface area contributed by atoms with Crippen LogP contribution >= 0.6 is 22.7 Å². The summed E-state index contributed by atoms with van der Waals surface area (Å²) in [5.41, 5.74) is 1.56. The van der Waals surface area contributed by atoms with Gasteiger partial charge in [-0.05, 0) is 17.4 Å². The number of aromatic nitrogens is 1. The molecule has 2 aromatic heterocycles. The second kappa shape index (κ2) is 8.20. The Morgan fingerprint density at radius 2 is 2.38 bits per heavy atom. The molecule has 1 amide bonds. The summed E-state index contributed by atoms with van der Waals surface area (Å²) in [7, 11) is 0. The fourth-order valence-electron chi connectivity index (χ4n) is 2.78. The molecule has 1 saturated heterocycles. The molecule has 3 heterocycles. The average Bonchev–Trinajstić information content (AvgIpc) is 3.23. The van der Waals surface area contributed by atoms with Crippen LogP contribution in [0.3, 0.4) is 0 Å². The predicted octanol–water partition coefficient (Wildman–Crippen LogP) is 2.96. The number of nitrogens with one attached hydrogen (secondary N) is 1. The van der Waals surface area contributed by atoms with Crippen molar-refractivity contribution in [3.05, 3.63) is 27.9 Å². The highest BCUT2D eigenvalue weighted by molar-refractivity contribution is 7.14. The molecular weight excluding hydrogens is 342 g/mol. The van der Waals surface area contributed by atoms with Crippen molar-refractivity contribution in [1.82, 2.24) is 15.2 Å². The van der Waals surface area contributed by atoms with Crippen molar-refractivity contribution in [2.45, 2.75) is 20.0 Å². The van der Waals surface area contributed by atoms with E-state index in [9.17, 15) is 4.79 Å². The zero-order valence-corrected chi connectivity index (χ0v) is 15.7.